The zero-order valence-corrected chi connectivity index (χ0v) is 13.1. The normalized spacial score (nSPS) is 24.5. The van der Waals surface area contributed by atoms with Gasteiger partial charge in [-0.25, -0.2) is 0 Å². The summed E-state index contributed by atoms with van der Waals surface area (Å²) in [5, 5.41) is 0. The molecule has 0 aromatic rings. The van der Waals surface area contributed by atoms with Crippen molar-refractivity contribution >= 4 is 0 Å². The second-order valence-electron chi connectivity index (χ2n) is 6.89. The van der Waals surface area contributed by atoms with Crippen molar-refractivity contribution in [3.8, 4) is 0 Å². The van der Waals surface area contributed by atoms with E-state index in [9.17, 15) is 0 Å². The van der Waals surface area contributed by atoms with E-state index in [0.29, 0.717) is 5.41 Å². The molecule has 0 radical (unpaired) electrons. The summed E-state index contributed by atoms with van der Waals surface area (Å²) in [6, 6.07) is 0. The third kappa shape index (κ3) is 3.96. The van der Waals surface area contributed by atoms with E-state index < -0.39 is 0 Å². The fourth-order valence-electron chi connectivity index (χ4n) is 3.34. The molecule has 1 atom stereocenters. The van der Waals surface area contributed by atoms with Crippen molar-refractivity contribution in [3.05, 3.63) is 0 Å². The van der Waals surface area contributed by atoms with Crippen LogP contribution in [-0.4, -0.2) is 30.1 Å². The Bertz CT molecular complexity index is 231. The van der Waals surface area contributed by atoms with E-state index in [4.69, 9.17) is 5.73 Å². The highest BCUT2D eigenvalue weighted by molar-refractivity contribution is 4.92. The number of hydrogen-bond acceptors (Lipinski definition) is 2. The quantitative estimate of drug-likeness (QED) is 0.781. The number of unbranched alkanes of at least 4 members (excludes halogenated alkanes) is 1. The standard InChI is InChI=1S/C16H34N2/c1-5-7-10-16(6-2,14-17)18-12-8-9-15(3,4)11-13-18/h5-14,17H2,1-4H3. The van der Waals surface area contributed by atoms with Gasteiger partial charge in [0.2, 0.25) is 0 Å². The average molecular weight is 254 g/mol. The fourth-order valence-corrected chi connectivity index (χ4v) is 3.34. The number of likely N-dealkylation sites (tertiary alicyclic amines) is 1. The number of nitrogens with zero attached hydrogens (tertiary/aromatic N) is 1. The molecule has 0 bridgehead atoms. The Hall–Kier alpha value is -0.0800. The van der Waals surface area contributed by atoms with Crippen LogP contribution in [0.2, 0.25) is 0 Å². The van der Waals surface area contributed by atoms with Crippen LogP contribution in [0.4, 0.5) is 0 Å². The van der Waals surface area contributed by atoms with Crippen molar-refractivity contribution in [2.75, 3.05) is 19.6 Å². The van der Waals surface area contributed by atoms with Crippen LogP contribution in [0, 0.1) is 5.41 Å². The average Bonchev–Trinajstić information content (AvgIpc) is 2.53. The summed E-state index contributed by atoms with van der Waals surface area (Å²) in [7, 11) is 0. The van der Waals surface area contributed by atoms with Crippen LogP contribution >= 0.6 is 0 Å². The van der Waals surface area contributed by atoms with E-state index in [1.54, 1.807) is 0 Å². The van der Waals surface area contributed by atoms with Gasteiger partial charge in [0.05, 0.1) is 0 Å². The molecule has 18 heavy (non-hydrogen) atoms. The SMILES string of the molecule is CCCCC(CC)(CN)N1CCCC(C)(C)CC1. The molecule has 0 aromatic heterocycles. The molecule has 0 aromatic carbocycles. The molecule has 0 saturated carbocycles. The number of nitrogens with two attached hydrogens (primary N) is 1. The highest BCUT2D eigenvalue weighted by Crippen LogP contribution is 2.34. The molecule has 2 heteroatoms. The zero-order chi connectivity index (χ0) is 13.6. The molecule has 1 aliphatic rings. The van der Waals surface area contributed by atoms with Crippen LogP contribution in [-0.2, 0) is 0 Å². The highest BCUT2D eigenvalue weighted by Gasteiger charge is 2.35. The molecule has 2 N–H and O–H groups in total. The Kier molecular flexibility index (Phi) is 6.13. The molecule has 1 aliphatic heterocycles. The minimum Gasteiger partial charge on any atom is -0.329 e. The molecule has 1 unspecified atom stereocenters. The van der Waals surface area contributed by atoms with Gasteiger partial charge in [0.25, 0.3) is 0 Å². The van der Waals surface area contributed by atoms with Gasteiger partial charge in [-0.1, -0.05) is 40.5 Å². The summed E-state index contributed by atoms with van der Waals surface area (Å²) in [6.07, 6.45) is 9.08. The van der Waals surface area contributed by atoms with Crippen LogP contribution in [0.1, 0.15) is 72.6 Å². The number of hydrogen-bond donors (Lipinski definition) is 1. The van der Waals surface area contributed by atoms with Gasteiger partial charge in [0.1, 0.15) is 0 Å². The lowest BCUT2D eigenvalue weighted by atomic mass is 9.85. The minimum atomic E-state index is 0.274. The first kappa shape index (κ1) is 16.0. The van der Waals surface area contributed by atoms with Gasteiger partial charge in [-0.05, 0) is 50.6 Å². The molecular weight excluding hydrogens is 220 g/mol. The maximum Gasteiger partial charge on any atom is 0.0329 e. The van der Waals surface area contributed by atoms with E-state index in [1.165, 1.54) is 58.0 Å². The molecule has 0 amide bonds. The molecular formula is C16H34N2. The molecule has 0 aliphatic carbocycles. The maximum absolute atomic E-state index is 6.17. The Balaban J connectivity index is 2.72. The predicted molar refractivity (Wildman–Crippen MR) is 80.8 cm³/mol. The Morgan fingerprint density at radius 2 is 1.89 bits per heavy atom. The Morgan fingerprint density at radius 3 is 2.44 bits per heavy atom. The van der Waals surface area contributed by atoms with Gasteiger partial charge in [-0.2, -0.15) is 0 Å². The summed E-state index contributed by atoms with van der Waals surface area (Å²) in [6.45, 7) is 12.7. The van der Waals surface area contributed by atoms with Gasteiger partial charge >= 0.3 is 0 Å². The van der Waals surface area contributed by atoms with Crippen LogP contribution in [0.15, 0.2) is 0 Å². The Morgan fingerprint density at radius 1 is 1.17 bits per heavy atom. The summed E-state index contributed by atoms with van der Waals surface area (Å²) >= 11 is 0. The second-order valence-corrected chi connectivity index (χ2v) is 6.89. The molecule has 1 heterocycles. The van der Waals surface area contributed by atoms with Crippen molar-refractivity contribution < 1.29 is 0 Å². The maximum atomic E-state index is 6.17. The molecule has 0 spiro atoms. The van der Waals surface area contributed by atoms with Crippen molar-refractivity contribution in [1.82, 2.24) is 4.90 Å². The van der Waals surface area contributed by atoms with Crippen LogP contribution in [0.5, 0.6) is 0 Å². The van der Waals surface area contributed by atoms with Crippen molar-refractivity contribution in [2.24, 2.45) is 11.1 Å². The molecule has 1 fully saturated rings. The van der Waals surface area contributed by atoms with Crippen molar-refractivity contribution in [3.63, 3.8) is 0 Å². The zero-order valence-electron chi connectivity index (χ0n) is 13.1. The summed E-state index contributed by atoms with van der Waals surface area (Å²) in [5.41, 5.74) is 6.96. The van der Waals surface area contributed by atoms with E-state index in [0.717, 1.165) is 6.54 Å². The van der Waals surface area contributed by atoms with Gasteiger partial charge < -0.3 is 5.73 Å². The monoisotopic (exact) mass is 254 g/mol. The van der Waals surface area contributed by atoms with Gasteiger partial charge in [0.15, 0.2) is 0 Å². The van der Waals surface area contributed by atoms with Crippen LogP contribution < -0.4 is 5.73 Å². The fraction of sp³-hybridized carbons (Fsp3) is 1.00. The second kappa shape index (κ2) is 6.91. The van der Waals surface area contributed by atoms with Crippen LogP contribution in [0.3, 0.4) is 0 Å². The Labute approximate surface area is 114 Å². The first-order valence-corrected chi connectivity index (χ1v) is 7.95. The topological polar surface area (TPSA) is 29.3 Å². The first-order chi connectivity index (χ1) is 8.49. The lowest BCUT2D eigenvalue weighted by Crippen LogP contribution is -2.54. The largest absolute Gasteiger partial charge is 0.329 e. The van der Waals surface area contributed by atoms with Gasteiger partial charge in [0, 0.05) is 12.1 Å². The molecule has 108 valence electrons. The summed E-state index contributed by atoms with van der Waals surface area (Å²) in [5.74, 6) is 0. The lowest BCUT2D eigenvalue weighted by Gasteiger charge is -2.43. The van der Waals surface area contributed by atoms with E-state index in [-0.39, 0.29) is 5.54 Å². The molecule has 2 nitrogen and oxygen atoms in total. The van der Waals surface area contributed by atoms with Crippen LogP contribution in [0.25, 0.3) is 0 Å². The highest BCUT2D eigenvalue weighted by atomic mass is 15.2. The van der Waals surface area contributed by atoms with E-state index >= 15 is 0 Å². The van der Waals surface area contributed by atoms with Crippen molar-refractivity contribution in [1.29, 1.82) is 0 Å². The lowest BCUT2D eigenvalue weighted by molar-refractivity contribution is 0.0787. The molecule has 1 saturated heterocycles. The summed E-state index contributed by atoms with van der Waals surface area (Å²) < 4.78 is 0. The smallest absolute Gasteiger partial charge is 0.0329 e. The third-order valence-corrected chi connectivity index (χ3v) is 5.04. The van der Waals surface area contributed by atoms with Gasteiger partial charge in [-0.3, -0.25) is 4.90 Å². The van der Waals surface area contributed by atoms with E-state index in [2.05, 4.69) is 32.6 Å². The first-order valence-electron chi connectivity index (χ1n) is 7.95. The minimum absolute atomic E-state index is 0.274. The number of rotatable bonds is 6. The van der Waals surface area contributed by atoms with Crippen molar-refractivity contribution in [2.45, 2.75) is 78.2 Å². The van der Waals surface area contributed by atoms with Gasteiger partial charge in [-0.15, -0.1) is 0 Å². The molecule has 1 rings (SSSR count). The van der Waals surface area contributed by atoms with E-state index in [1.807, 2.05) is 0 Å². The third-order valence-electron chi connectivity index (χ3n) is 5.04. The summed E-state index contributed by atoms with van der Waals surface area (Å²) in [4.78, 5) is 2.72. The predicted octanol–water partition coefficient (Wildman–Crippen LogP) is 3.80.